The summed E-state index contributed by atoms with van der Waals surface area (Å²) >= 11 is 1.71. The van der Waals surface area contributed by atoms with E-state index in [1.807, 2.05) is 0 Å². The number of fused-ring (bicyclic) bond motifs is 3. The second kappa shape index (κ2) is 9.74. The fourth-order valence-electron chi connectivity index (χ4n) is 5.83. The van der Waals surface area contributed by atoms with Gasteiger partial charge in [-0.15, -0.1) is 11.3 Å². The summed E-state index contributed by atoms with van der Waals surface area (Å²) in [6, 6.07) is 0.582. The van der Waals surface area contributed by atoms with Crippen molar-refractivity contribution in [1.29, 1.82) is 0 Å². The van der Waals surface area contributed by atoms with E-state index in [1.165, 1.54) is 29.7 Å². The first-order valence-electron chi connectivity index (χ1n) is 12.8. The number of thiophene rings is 1. The summed E-state index contributed by atoms with van der Waals surface area (Å²) in [7, 11) is 0. The van der Waals surface area contributed by atoms with E-state index >= 15 is 0 Å². The molecule has 5 rings (SSSR count). The van der Waals surface area contributed by atoms with Gasteiger partial charge in [0, 0.05) is 30.1 Å². The van der Waals surface area contributed by atoms with Gasteiger partial charge in [0.05, 0.1) is 11.4 Å². The van der Waals surface area contributed by atoms with Gasteiger partial charge in [-0.2, -0.15) is 0 Å². The number of carbonyl (C=O) groups is 1. The number of aromatic amines is 1. The predicted molar refractivity (Wildman–Crippen MR) is 133 cm³/mol. The van der Waals surface area contributed by atoms with E-state index in [0.717, 1.165) is 74.1 Å². The van der Waals surface area contributed by atoms with E-state index in [0.29, 0.717) is 12.0 Å². The van der Waals surface area contributed by atoms with E-state index in [2.05, 4.69) is 34.4 Å². The maximum Gasteiger partial charge on any atom is 0.315 e. The zero-order valence-corrected chi connectivity index (χ0v) is 20.7. The smallest absolute Gasteiger partial charge is 0.315 e. The molecule has 33 heavy (non-hydrogen) atoms. The monoisotopic (exact) mass is 471 g/mol. The summed E-state index contributed by atoms with van der Waals surface area (Å²) in [5.41, 5.74) is 1.25. The summed E-state index contributed by atoms with van der Waals surface area (Å²) in [6.07, 6.45) is 11.0. The minimum Gasteiger partial charge on any atom is -0.335 e. The Morgan fingerprint density at radius 2 is 1.79 bits per heavy atom. The molecular formula is C25H37N5O2S. The highest BCUT2D eigenvalue weighted by molar-refractivity contribution is 7.18. The third kappa shape index (κ3) is 4.97. The minimum atomic E-state index is -0.0131. The number of hydrogen-bond acceptors (Lipinski definition) is 5. The van der Waals surface area contributed by atoms with Crippen LogP contribution in [0.15, 0.2) is 4.79 Å². The van der Waals surface area contributed by atoms with Crippen molar-refractivity contribution < 1.29 is 4.79 Å². The fraction of sp³-hybridized carbons (Fsp3) is 0.720. The molecule has 8 heteroatoms. The third-order valence-corrected chi connectivity index (χ3v) is 9.08. The van der Waals surface area contributed by atoms with Crippen LogP contribution in [0, 0.1) is 5.92 Å². The number of carbonyl (C=O) groups excluding carboxylic acids is 1. The normalized spacial score (nSPS) is 23.9. The summed E-state index contributed by atoms with van der Waals surface area (Å²) in [6.45, 7) is 6.19. The Hall–Kier alpha value is -1.93. The molecule has 7 nitrogen and oxygen atoms in total. The number of urea groups is 1. The highest BCUT2D eigenvalue weighted by atomic mass is 32.1. The van der Waals surface area contributed by atoms with Gasteiger partial charge in [-0.1, -0.05) is 26.2 Å². The molecule has 3 N–H and O–H groups in total. The van der Waals surface area contributed by atoms with Gasteiger partial charge in [-0.3, -0.25) is 9.69 Å². The second-order valence-electron chi connectivity index (χ2n) is 10.4. The zero-order chi connectivity index (χ0) is 22.9. The molecule has 0 radical (unpaired) electrons. The van der Waals surface area contributed by atoms with Crippen molar-refractivity contribution in [2.75, 3.05) is 13.1 Å². The topological polar surface area (TPSA) is 90.1 Å². The van der Waals surface area contributed by atoms with Crippen LogP contribution in [0.2, 0.25) is 0 Å². The van der Waals surface area contributed by atoms with Crippen LogP contribution >= 0.6 is 11.3 Å². The molecule has 0 spiro atoms. The quantitative estimate of drug-likeness (QED) is 0.621. The lowest BCUT2D eigenvalue weighted by molar-refractivity contribution is 0.147. The van der Waals surface area contributed by atoms with Crippen molar-refractivity contribution >= 4 is 27.6 Å². The van der Waals surface area contributed by atoms with Gasteiger partial charge in [0.2, 0.25) is 0 Å². The highest BCUT2D eigenvalue weighted by Crippen LogP contribution is 2.36. The number of H-pyrrole nitrogens is 1. The van der Waals surface area contributed by atoms with Crippen molar-refractivity contribution in [3.05, 3.63) is 26.6 Å². The SMILES string of the molecule is CC1CCc2c(sc3nc(C(C)N4CCC(NC(=O)NC5CCCCC5)CC4)[nH]c(=O)c23)C1. The molecular weight excluding hydrogens is 434 g/mol. The zero-order valence-electron chi connectivity index (χ0n) is 19.9. The molecule has 2 aromatic heterocycles. The number of aromatic nitrogens is 2. The molecule has 1 saturated carbocycles. The van der Waals surface area contributed by atoms with Crippen LogP contribution in [0.3, 0.4) is 0 Å². The van der Waals surface area contributed by atoms with Crippen molar-refractivity contribution in [2.24, 2.45) is 5.92 Å². The van der Waals surface area contributed by atoms with Crippen LogP contribution in [0.1, 0.15) is 87.5 Å². The molecule has 2 aromatic rings. The molecule has 2 fully saturated rings. The maximum absolute atomic E-state index is 13.0. The lowest BCUT2D eigenvalue weighted by Gasteiger charge is -2.36. The fourth-order valence-corrected chi connectivity index (χ4v) is 7.22. The minimum absolute atomic E-state index is 0.0131. The number of amides is 2. The summed E-state index contributed by atoms with van der Waals surface area (Å²) in [5, 5.41) is 7.17. The molecule has 3 aliphatic rings. The number of piperidine rings is 1. The van der Waals surface area contributed by atoms with Gasteiger partial charge >= 0.3 is 6.03 Å². The Kier molecular flexibility index (Phi) is 6.74. The maximum atomic E-state index is 13.0. The molecule has 2 unspecified atom stereocenters. The summed E-state index contributed by atoms with van der Waals surface area (Å²) in [5.74, 6) is 1.45. The number of likely N-dealkylation sites (tertiary alicyclic amines) is 1. The molecule has 3 heterocycles. The van der Waals surface area contributed by atoms with Crippen molar-refractivity contribution in [1.82, 2.24) is 25.5 Å². The third-order valence-electron chi connectivity index (χ3n) is 7.93. The molecule has 2 amide bonds. The number of nitrogens with one attached hydrogen (secondary N) is 3. The van der Waals surface area contributed by atoms with E-state index in [1.54, 1.807) is 11.3 Å². The average Bonchev–Trinajstić information content (AvgIpc) is 3.17. The molecule has 2 aliphatic carbocycles. The van der Waals surface area contributed by atoms with Crippen molar-refractivity contribution in [3.8, 4) is 0 Å². The van der Waals surface area contributed by atoms with Crippen LogP contribution in [0.4, 0.5) is 4.79 Å². The molecule has 180 valence electrons. The van der Waals surface area contributed by atoms with Gasteiger partial charge in [0.25, 0.3) is 5.56 Å². The standard InChI is InChI=1S/C25H37N5O2S/c1-15-8-9-19-20(14-15)33-24-21(19)23(31)28-22(29-24)16(2)30-12-10-18(11-13-30)27-25(32)26-17-6-4-3-5-7-17/h15-18H,3-14H2,1-2H3,(H2,26,27,32)(H,28,29,31). The first-order chi connectivity index (χ1) is 16.0. The largest absolute Gasteiger partial charge is 0.335 e. The van der Waals surface area contributed by atoms with Crippen molar-refractivity contribution in [2.45, 2.75) is 96.2 Å². The first-order valence-corrected chi connectivity index (χ1v) is 13.6. The van der Waals surface area contributed by atoms with E-state index in [-0.39, 0.29) is 23.7 Å². The van der Waals surface area contributed by atoms with Crippen LogP contribution in [0.5, 0.6) is 0 Å². The Labute approximate surface area is 199 Å². The van der Waals surface area contributed by atoms with Gasteiger partial charge in [0.1, 0.15) is 10.7 Å². The van der Waals surface area contributed by atoms with Gasteiger partial charge in [-0.25, -0.2) is 9.78 Å². The lowest BCUT2D eigenvalue weighted by Crippen LogP contribution is -2.50. The van der Waals surface area contributed by atoms with Crippen LogP contribution in [0.25, 0.3) is 10.2 Å². The molecule has 1 aliphatic heterocycles. The number of hydrogen-bond donors (Lipinski definition) is 3. The Balaban J connectivity index is 1.20. The molecule has 1 saturated heterocycles. The van der Waals surface area contributed by atoms with Gasteiger partial charge in [0.15, 0.2) is 0 Å². The van der Waals surface area contributed by atoms with Crippen LogP contribution in [-0.2, 0) is 12.8 Å². The van der Waals surface area contributed by atoms with Gasteiger partial charge < -0.3 is 15.6 Å². The van der Waals surface area contributed by atoms with E-state index in [4.69, 9.17) is 4.98 Å². The molecule has 2 atom stereocenters. The average molecular weight is 472 g/mol. The second-order valence-corrected chi connectivity index (χ2v) is 11.5. The summed E-state index contributed by atoms with van der Waals surface area (Å²) < 4.78 is 0. The van der Waals surface area contributed by atoms with Crippen LogP contribution in [-0.4, -0.2) is 46.1 Å². The van der Waals surface area contributed by atoms with Gasteiger partial charge in [-0.05, 0) is 63.4 Å². The number of aryl methyl sites for hydroxylation is 1. The van der Waals surface area contributed by atoms with E-state index < -0.39 is 0 Å². The lowest BCUT2D eigenvalue weighted by atomic mass is 9.89. The Morgan fingerprint density at radius 1 is 1.09 bits per heavy atom. The first kappa shape index (κ1) is 22.8. The number of nitrogens with zero attached hydrogens (tertiary/aromatic N) is 2. The van der Waals surface area contributed by atoms with Crippen LogP contribution < -0.4 is 16.2 Å². The molecule has 0 aromatic carbocycles. The Bertz CT molecular complexity index is 1050. The Morgan fingerprint density at radius 3 is 2.52 bits per heavy atom. The highest BCUT2D eigenvalue weighted by Gasteiger charge is 2.28. The number of rotatable bonds is 4. The van der Waals surface area contributed by atoms with Crippen molar-refractivity contribution in [3.63, 3.8) is 0 Å². The predicted octanol–water partition coefficient (Wildman–Crippen LogP) is 4.27. The van der Waals surface area contributed by atoms with E-state index in [9.17, 15) is 9.59 Å². The summed E-state index contributed by atoms with van der Waals surface area (Å²) in [4.78, 5) is 38.0. The molecule has 0 bridgehead atoms.